The van der Waals surface area contributed by atoms with Crippen LogP contribution in [0.2, 0.25) is 5.02 Å². The molecule has 0 aliphatic rings. The molecule has 1 amide bonds. The monoisotopic (exact) mass is 550 g/mol. The van der Waals surface area contributed by atoms with Gasteiger partial charge < -0.3 is 10.1 Å². The summed E-state index contributed by atoms with van der Waals surface area (Å²) in [5, 5.41) is 3.16. The number of hydrogen-bond donors (Lipinski definition) is 1. The first-order valence-electron chi connectivity index (χ1n) is 11.0. The third kappa shape index (κ3) is 6.57. The van der Waals surface area contributed by atoms with Gasteiger partial charge in [0.15, 0.2) is 9.84 Å². The van der Waals surface area contributed by atoms with Crippen molar-refractivity contribution in [3.05, 3.63) is 83.4 Å². The van der Waals surface area contributed by atoms with Crippen LogP contribution in [-0.4, -0.2) is 42.2 Å². The Morgan fingerprint density at radius 3 is 2.11 bits per heavy atom. The average molecular weight is 551 g/mol. The van der Waals surface area contributed by atoms with Crippen molar-refractivity contribution < 1.29 is 26.4 Å². The van der Waals surface area contributed by atoms with Crippen molar-refractivity contribution in [3.8, 4) is 5.75 Å². The minimum atomic E-state index is -4.16. The lowest BCUT2D eigenvalue weighted by Gasteiger charge is -2.26. The van der Waals surface area contributed by atoms with E-state index in [2.05, 4.69) is 5.32 Å². The summed E-state index contributed by atoms with van der Waals surface area (Å²) in [4.78, 5) is 13.2. The number of carbonyl (C=O) groups is 1. The second-order valence-corrected chi connectivity index (χ2v) is 12.3. The Kier molecular flexibility index (Phi) is 8.65. The zero-order valence-corrected chi connectivity index (χ0v) is 22.4. The zero-order valence-electron chi connectivity index (χ0n) is 20.0. The third-order valence-electron chi connectivity index (χ3n) is 5.31. The molecule has 0 aromatic heterocycles. The molecule has 1 atom stereocenters. The second kappa shape index (κ2) is 11.3. The lowest BCUT2D eigenvalue weighted by molar-refractivity contribution is -0.120. The first-order valence-corrected chi connectivity index (χ1v) is 14.7. The Labute approximate surface area is 216 Å². The molecule has 192 valence electrons. The molecule has 0 aliphatic heterocycles. The smallest absolute Gasteiger partial charge is 0.264 e. The van der Waals surface area contributed by atoms with Gasteiger partial charge >= 0.3 is 0 Å². The number of sulfone groups is 1. The fourth-order valence-corrected chi connectivity index (χ4v) is 5.67. The van der Waals surface area contributed by atoms with Crippen LogP contribution in [-0.2, 0) is 24.7 Å². The Morgan fingerprint density at radius 1 is 0.944 bits per heavy atom. The minimum Gasteiger partial charge on any atom is -0.492 e. The van der Waals surface area contributed by atoms with E-state index in [0.29, 0.717) is 22.9 Å². The summed E-state index contributed by atoms with van der Waals surface area (Å²) in [5.74, 6) is -0.242. The standard InChI is InChI=1S/C25H27ClN2O6S2/c1-4-34-24-8-6-5-7-23(24)28(36(32,33)22-15-11-20(26)12-16-22)17-25(29)27-18(2)19-9-13-21(14-10-19)35(3,30)31/h5-16,18H,4,17H2,1-3H3,(H,27,29). The average Bonchev–Trinajstić information content (AvgIpc) is 2.83. The first kappa shape index (κ1) is 27.5. The van der Waals surface area contributed by atoms with Gasteiger partial charge in [-0.3, -0.25) is 9.10 Å². The number of nitrogens with one attached hydrogen (secondary N) is 1. The van der Waals surface area contributed by atoms with Gasteiger partial charge in [-0.1, -0.05) is 35.9 Å². The van der Waals surface area contributed by atoms with Crippen molar-refractivity contribution in [1.82, 2.24) is 5.32 Å². The lowest BCUT2D eigenvalue weighted by Crippen LogP contribution is -2.41. The van der Waals surface area contributed by atoms with Crippen molar-refractivity contribution in [2.75, 3.05) is 23.7 Å². The van der Waals surface area contributed by atoms with Crippen molar-refractivity contribution in [1.29, 1.82) is 0 Å². The van der Waals surface area contributed by atoms with E-state index in [1.807, 2.05) is 0 Å². The number of rotatable bonds is 10. The highest BCUT2D eigenvalue weighted by Gasteiger charge is 2.30. The Bertz CT molecular complexity index is 1420. The summed E-state index contributed by atoms with van der Waals surface area (Å²) in [7, 11) is -7.51. The van der Waals surface area contributed by atoms with E-state index in [-0.39, 0.29) is 15.5 Å². The molecular formula is C25H27ClN2O6S2. The van der Waals surface area contributed by atoms with E-state index in [1.54, 1.807) is 50.2 Å². The van der Waals surface area contributed by atoms with Crippen LogP contribution >= 0.6 is 11.6 Å². The molecule has 0 saturated heterocycles. The largest absolute Gasteiger partial charge is 0.492 e. The van der Waals surface area contributed by atoms with Crippen LogP contribution in [0.4, 0.5) is 5.69 Å². The molecule has 0 bridgehead atoms. The maximum Gasteiger partial charge on any atom is 0.264 e. The fraction of sp³-hybridized carbons (Fsp3) is 0.240. The lowest BCUT2D eigenvalue weighted by atomic mass is 10.1. The number of nitrogens with zero attached hydrogens (tertiary/aromatic N) is 1. The van der Waals surface area contributed by atoms with Gasteiger partial charge in [0.25, 0.3) is 10.0 Å². The fourth-order valence-electron chi connectivity index (χ4n) is 3.48. The molecule has 0 heterocycles. The SMILES string of the molecule is CCOc1ccccc1N(CC(=O)NC(C)c1ccc(S(C)(=O)=O)cc1)S(=O)(=O)c1ccc(Cl)cc1. The number of amides is 1. The Morgan fingerprint density at radius 2 is 1.53 bits per heavy atom. The van der Waals surface area contributed by atoms with E-state index >= 15 is 0 Å². The summed E-state index contributed by atoms with van der Waals surface area (Å²) >= 11 is 5.93. The van der Waals surface area contributed by atoms with E-state index in [0.717, 1.165) is 10.6 Å². The molecule has 0 saturated carbocycles. The van der Waals surface area contributed by atoms with Gasteiger partial charge in [0.2, 0.25) is 5.91 Å². The van der Waals surface area contributed by atoms with Crippen molar-refractivity contribution in [2.24, 2.45) is 0 Å². The third-order valence-corrected chi connectivity index (χ3v) is 8.46. The Balaban J connectivity index is 1.91. The molecule has 3 rings (SSSR count). The van der Waals surface area contributed by atoms with Gasteiger partial charge in [0, 0.05) is 11.3 Å². The maximum atomic E-state index is 13.6. The number of sulfonamides is 1. The van der Waals surface area contributed by atoms with Gasteiger partial charge in [-0.25, -0.2) is 16.8 Å². The predicted molar refractivity (Wildman–Crippen MR) is 140 cm³/mol. The Hall–Kier alpha value is -3.08. The summed E-state index contributed by atoms with van der Waals surface area (Å²) in [6, 6.07) is 17.9. The van der Waals surface area contributed by atoms with E-state index in [4.69, 9.17) is 16.3 Å². The van der Waals surface area contributed by atoms with Crippen LogP contribution < -0.4 is 14.4 Å². The predicted octanol–water partition coefficient (Wildman–Crippen LogP) is 4.21. The van der Waals surface area contributed by atoms with Crippen molar-refractivity contribution in [2.45, 2.75) is 29.7 Å². The van der Waals surface area contributed by atoms with Gasteiger partial charge in [-0.2, -0.15) is 0 Å². The molecule has 0 fully saturated rings. The highest BCUT2D eigenvalue weighted by Crippen LogP contribution is 2.33. The molecule has 3 aromatic carbocycles. The number of benzene rings is 3. The number of anilines is 1. The molecule has 36 heavy (non-hydrogen) atoms. The van der Waals surface area contributed by atoms with Crippen LogP contribution in [0.25, 0.3) is 0 Å². The van der Waals surface area contributed by atoms with Crippen LogP contribution in [0.5, 0.6) is 5.75 Å². The van der Waals surface area contributed by atoms with Crippen LogP contribution in [0.3, 0.4) is 0 Å². The maximum absolute atomic E-state index is 13.6. The van der Waals surface area contributed by atoms with Gasteiger partial charge in [-0.05, 0) is 67.9 Å². The van der Waals surface area contributed by atoms with Crippen LogP contribution in [0.1, 0.15) is 25.5 Å². The number of para-hydroxylation sites is 2. The molecule has 0 spiro atoms. The van der Waals surface area contributed by atoms with E-state index in [1.165, 1.54) is 36.4 Å². The van der Waals surface area contributed by atoms with Crippen LogP contribution in [0, 0.1) is 0 Å². The van der Waals surface area contributed by atoms with Crippen LogP contribution in [0.15, 0.2) is 82.6 Å². The van der Waals surface area contributed by atoms with E-state index in [9.17, 15) is 21.6 Å². The highest BCUT2D eigenvalue weighted by molar-refractivity contribution is 7.93. The minimum absolute atomic E-state index is 0.0320. The topological polar surface area (TPSA) is 110 Å². The molecular weight excluding hydrogens is 524 g/mol. The summed E-state index contributed by atoms with van der Waals surface area (Å²) in [5.41, 5.74) is 0.882. The summed E-state index contributed by atoms with van der Waals surface area (Å²) in [6.45, 7) is 3.29. The quantitative estimate of drug-likeness (QED) is 0.405. The number of halogens is 1. The molecule has 8 nitrogen and oxygen atoms in total. The second-order valence-electron chi connectivity index (χ2n) is 8.00. The summed E-state index contributed by atoms with van der Waals surface area (Å²) in [6.07, 6.45) is 1.11. The molecule has 1 N–H and O–H groups in total. The zero-order chi connectivity index (χ0) is 26.5. The van der Waals surface area contributed by atoms with Crippen molar-refractivity contribution in [3.63, 3.8) is 0 Å². The molecule has 3 aromatic rings. The number of hydrogen-bond acceptors (Lipinski definition) is 6. The number of carbonyl (C=O) groups excluding carboxylic acids is 1. The molecule has 0 aliphatic carbocycles. The first-order chi connectivity index (χ1) is 16.9. The molecule has 0 radical (unpaired) electrons. The van der Waals surface area contributed by atoms with Gasteiger partial charge in [0.1, 0.15) is 12.3 Å². The van der Waals surface area contributed by atoms with E-state index < -0.39 is 38.4 Å². The van der Waals surface area contributed by atoms with Gasteiger partial charge in [-0.15, -0.1) is 0 Å². The number of ether oxygens (including phenoxy) is 1. The summed E-state index contributed by atoms with van der Waals surface area (Å²) < 4.78 is 57.3. The molecule has 1 unspecified atom stereocenters. The normalized spacial score (nSPS) is 12.6. The highest BCUT2D eigenvalue weighted by atomic mass is 35.5. The molecule has 11 heteroatoms. The van der Waals surface area contributed by atoms with Gasteiger partial charge in [0.05, 0.1) is 28.1 Å². The van der Waals surface area contributed by atoms with Crippen molar-refractivity contribution >= 4 is 43.1 Å².